The quantitative estimate of drug-likeness (QED) is 0.565. The van der Waals surface area contributed by atoms with Crippen LogP contribution >= 0.6 is 0 Å². The zero-order chi connectivity index (χ0) is 20.2. The normalized spacial score (nSPS) is 11.3. The fourth-order valence-electron chi connectivity index (χ4n) is 3.18. The minimum atomic E-state index is -4.94. The second kappa shape index (κ2) is 8.65. The van der Waals surface area contributed by atoms with Crippen molar-refractivity contribution in [2.45, 2.75) is 19.8 Å². The van der Waals surface area contributed by atoms with Gasteiger partial charge in [-0.2, -0.15) is 4.68 Å². The third kappa shape index (κ3) is 5.38. The molecule has 0 aliphatic carbocycles. The molecule has 2 aromatic carbocycles. The maximum atomic E-state index is 8.49. The Morgan fingerprint density at radius 2 is 1.22 bits per heavy atom. The van der Waals surface area contributed by atoms with Crippen LogP contribution in [0.5, 0.6) is 0 Å². The van der Waals surface area contributed by atoms with Crippen molar-refractivity contribution in [2.24, 2.45) is 14.1 Å². The Morgan fingerprint density at radius 1 is 0.815 bits per heavy atom. The van der Waals surface area contributed by atoms with Crippen molar-refractivity contribution < 1.29 is 33.6 Å². The number of benzene rings is 2. The van der Waals surface area contributed by atoms with Gasteiger partial charge < -0.3 is 0 Å². The molecule has 3 aromatic rings. The van der Waals surface area contributed by atoms with Crippen LogP contribution in [0.2, 0.25) is 0 Å². The minimum Gasteiger partial charge on any atom is -0.222 e. The summed E-state index contributed by atoms with van der Waals surface area (Å²) in [7, 11) is -0.665. The summed E-state index contributed by atoms with van der Waals surface area (Å²) in [5.41, 5.74) is 6.55. The summed E-state index contributed by atoms with van der Waals surface area (Å²) in [4.78, 5) is 0. The van der Waals surface area contributed by atoms with Gasteiger partial charge in [-0.3, -0.25) is 0 Å². The van der Waals surface area contributed by atoms with Gasteiger partial charge in [0.1, 0.15) is 5.69 Å². The van der Waals surface area contributed by atoms with E-state index in [4.69, 9.17) is 18.6 Å². The highest BCUT2D eigenvalue weighted by Gasteiger charge is 2.29. The molecule has 0 fully saturated rings. The van der Waals surface area contributed by atoms with E-state index < -0.39 is 10.2 Å². The first-order valence-electron chi connectivity index (χ1n) is 8.42. The van der Waals surface area contributed by atoms with Crippen molar-refractivity contribution in [3.8, 4) is 22.5 Å². The largest absolute Gasteiger partial charge is 0.242 e. The molecule has 1 aromatic heterocycles. The second-order valence-electron chi connectivity index (χ2n) is 6.42. The third-order valence-electron chi connectivity index (χ3n) is 4.28. The van der Waals surface area contributed by atoms with Crippen LogP contribution in [-0.4, -0.2) is 4.68 Å². The van der Waals surface area contributed by atoms with E-state index in [1.165, 1.54) is 28.1 Å². The maximum absolute atomic E-state index is 8.49. The van der Waals surface area contributed by atoms with Crippen molar-refractivity contribution in [3.05, 3.63) is 66.2 Å². The fourth-order valence-corrected chi connectivity index (χ4v) is 3.18. The smallest absolute Gasteiger partial charge is 0.222 e. The van der Waals surface area contributed by atoms with Crippen LogP contribution in [0, 0.1) is 10.2 Å². The predicted molar refractivity (Wildman–Crippen MR) is 91.6 cm³/mol. The fraction of sp³-hybridized carbons (Fsp3) is 0.250. The molecule has 0 saturated carbocycles. The van der Waals surface area contributed by atoms with E-state index in [2.05, 4.69) is 98.0 Å². The number of hydrogen-bond acceptors (Lipinski definition) is 4. The van der Waals surface area contributed by atoms with Gasteiger partial charge in [0.25, 0.3) is 0 Å². The SMILES string of the molecule is CC(C)c1c(-c2ccccc2)n(C)[n+](C)c1-c1ccccc1.[O-][Cl+3]([O-])([O-])[O-]. The van der Waals surface area contributed by atoms with Gasteiger partial charge in [-0.1, -0.05) is 62.4 Å². The molecule has 144 valence electrons. The molecule has 0 radical (unpaired) electrons. The minimum absolute atomic E-state index is 0.456. The Kier molecular flexibility index (Phi) is 6.75. The van der Waals surface area contributed by atoms with Crippen LogP contribution in [0.15, 0.2) is 60.7 Å². The van der Waals surface area contributed by atoms with E-state index >= 15 is 0 Å². The Balaban J connectivity index is 0.000000465. The standard InChI is InChI=1S/C20H23N2.ClHO4/c1-15(2)18-19(16-11-7-5-8-12-16)21(3)22(4)20(18)17-13-9-6-10-14-17;2-1(3,4)5/h5-15H,1-4H3;(H,2,3,4,5)/q+1;/p-1. The van der Waals surface area contributed by atoms with Gasteiger partial charge in [-0.15, -0.1) is 14.9 Å². The summed E-state index contributed by atoms with van der Waals surface area (Å²) in [6.45, 7) is 4.54. The van der Waals surface area contributed by atoms with E-state index in [0.717, 1.165) is 0 Å². The molecule has 0 unspecified atom stereocenters. The summed E-state index contributed by atoms with van der Waals surface area (Å²) < 4.78 is 38.5. The molecule has 0 amide bonds. The van der Waals surface area contributed by atoms with Crippen LogP contribution in [0.4, 0.5) is 0 Å². The van der Waals surface area contributed by atoms with E-state index in [9.17, 15) is 0 Å². The van der Waals surface area contributed by atoms with E-state index in [1.807, 2.05) is 0 Å². The topological polar surface area (TPSA) is 101 Å². The number of rotatable bonds is 3. The van der Waals surface area contributed by atoms with Gasteiger partial charge in [-0.05, 0) is 18.1 Å². The Labute approximate surface area is 161 Å². The zero-order valence-electron chi connectivity index (χ0n) is 15.8. The number of hydrogen-bond donors (Lipinski definition) is 0. The van der Waals surface area contributed by atoms with Crippen LogP contribution < -0.4 is 23.3 Å². The average molecular weight is 391 g/mol. The highest BCUT2D eigenvalue weighted by molar-refractivity contribution is 5.73. The molecule has 1 heterocycles. The Bertz CT molecular complexity index is 803. The lowest BCUT2D eigenvalue weighted by atomic mass is 9.93. The van der Waals surface area contributed by atoms with Crippen molar-refractivity contribution in [1.29, 1.82) is 0 Å². The predicted octanol–water partition coefficient (Wildman–Crippen LogP) is -0.449. The number of aromatic nitrogens is 2. The van der Waals surface area contributed by atoms with Crippen molar-refractivity contribution in [3.63, 3.8) is 0 Å². The molecule has 0 aliphatic heterocycles. The summed E-state index contributed by atoms with van der Waals surface area (Å²) in [5, 5.41) is 0. The molecule has 0 saturated heterocycles. The maximum Gasteiger partial charge on any atom is 0.242 e. The summed E-state index contributed by atoms with van der Waals surface area (Å²) >= 11 is 0. The summed E-state index contributed by atoms with van der Waals surface area (Å²) in [6.07, 6.45) is 0. The molecule has 0 atom stereocenters. The van der Waals surface area contributed by atoms with Crippen molar-refractivity contribution >= 4 is 0 Å². The van der Waals surface area contributed by atoms with Crippen LogP contribution in [0.1, 0.15) is 25.3 Å². The zero-order valence-corrected chi connectivity index (χ0v) is 16.5. The number of nitrogens with zero attached hydrogens (tertiary/aromatic N) is 2. The van der Waals surface area contributed by atoms with Gasteiger partial charge in [0.05, 0.1) is 12.6 Å². The van der Waals surface area contributed by atoms with E-state index in [-0.39, 0.29) is 0 Å². The molecular weight excluding hydrogens is 368 g/mol. The lowest BCUT2D eigenvalue weighted by Crippen LogP contribution is -2.68. The molecule has 0 bridgehead atoms. The lowest BCUT2D eigenvalue weighted by Gasteiger charge is -2.17. The number of halogens is 1. The molecule has 3 rings (SSSR count). The highest BCUT2D eigenvalue weighted by atomic mass is 35.7. The first-order valence-corrected chi connectivity index (χ1v) is 9.66. The Morgan fingerprint density at radius 3 is 1.63 bits per heavy atom. The van der Waals surface area contributed by atoms with E-state index in [1.54, 1.807) is 0 Å². The van der Waals surface area contributed by atoms with Gasteiger partial charge in [0.15, 0.2) is 7.05 Å². The molecule has 6 nitrogen and oxygen atoms in total. The van der Waals surface area contributed by atoms with Crippen LogP contribution in [0.3, 0.4) is 0 Å². The summed E-state index contributed by atoms with van der Waals surface area (Å²) in [6, 6.07) is 21.3. The highest BCUT2D eigenvalue weighted by Crippen LogP contribution is 2.35. The monoisotopic (exact) mass is 390 g/mol. The lowest BCUT2D eigenvalue weighted by molar-refractivity contribution is -2.00. The molecule has 7 heteroatoms. The first kappa shape index (κ1) is 21.1. The van der Waals surface area contributed by atoms with Crippen molar-refractivity contribution in [1.82, 2.24) is 4.68 Å². The van der Waals surface area contributed by atoms with E-state index in [0.29, 0.717) is 5.92 Å². The van der Waals surface area contributed by atoms with Gasteiger partial charge in [-0.25, -0.2) is 18.6 Å². The van der Waals surface area contributed by atoms with Crippen LogP contribution in [-0.2, 0) is 14.1 Å². The van der Waals surface area contributed by atoms with Gasteiger partial charge >= 0.3 is 0 Å². The van der Waals surface area contributed by atoms with Gasteiger partial charge in [0, 0.05) is 11.1 Å². The van der Waals surface area contributed by atoms with Crippen molar-refractivity contribution in [2.75, 3.05) is 0 Å². The molecule has 27 heavy (non-hydrogen) atoms. The average Bonchev–Trinajstić information content (AvgIpc) is 2.87. The first-order chi connectivity index (χ1) is 12.6. The molecule has 0 spiro atoms. The third-order valence-corrected chi connectivity index (χ3v) is 4.28. The van der Waals surface area contributed by atoms with Gasteiger partial charge in [0.2, 0.25) is 5.69 Å². The second-order valence-corrected chi connectivity index (χ2v) is 7.18. The van der Waals surface area contributed by atoms with Crippen LogP contribution in [0.25, 0.3) is 22.5 Å². The molecular formula is C20H23ClN2O4. The molecule has 0 N–H and O–H groups in total. The molecule has 0 aliphatic rings. The summed E-state index contributed by atoms with van der Waals surface area (Å²) in [5.74, 6) is 0.456. The Hall–Kier alpha value is -2.22.